The summed E-state index contributed by atoms with van der Waals surface area (Å²) < 4.78 is 0. The molecule has 0 bridgehead atoms. The van der Waals surface area contributed by atoms with Crippen LogP contribution in [-0.2, 0) is 11.8 Å². The van der Waals surface area contributed by atoms with Gasteiger partial charge in [-0.3, -0.25) is 0 Å². The van der Waals surface area contributed by atoms with Gasteiger partial charge >= 0.3 is 0 Å². The largest absolute Gasteiger partial charge is 0.324 e. The Balaban J connectivity index is 2.09. The van der Waals surface area contributed by atoms with E-state index in [1.165, 1.54) is 22.3 Å². The smallest absolute Gasteiger partial charge is 0.0335 e. The van der Waals surface area contributed by atoms with Gasteiger partial charge in [0.2, 0.25) is 0 Å². The van der Waals surface area contributed by atoms with Crippen LogP contribution in [0.25, 0.3) is 0 Å². The molecular weight excluding hydrogens is 242 g/mol. The average Bonchev–Trinajstić information content (AvgIpc) is 2.40. The van der Waals surface area contributed by atoms with Crippen LogP contribution in [0.4, 0.5) is 0 Å². The van der Waals surface area contributed by atoms with E-state index in [4.69, 9.17) is 5.73 Å². The van der Waals surface area contributed by atoms with E-state index in [1.807, 2.05) is 0 Å². The van der Waals surface area contributed by atoms with Crippen molar-refractivity contribution in [2.24, 2.45) is 5.73 Å². The van der Waals surface area contributed by atoms with E-state index in [-0.39, 0.29) is 11.5 Å². The van der Waals surface area contributed by atoms with Crippen molar-refractivity contribution in [2.45, 2.75) is 45.6 Å². The maximum Gasteiger partial charge on any atom is 0.0335 e. The normalized spacial score (nSPS) is 13.2. The molecule has 0 aromatic heterocycles. The molecule has 0 spiro atoms. The summed E-state index contributed by atoms with van der Waals surface area (Å²) in [5.41, 5.74) is 11.7. The Kier molecular flexibility index (Phi) is 4.29. The third kappa shape index (κ3) is 3.71. The monoisotopic (exact) mass is 267 g/mol. The molecule has 0 saturated heterocycles. The van der Waals surface area contributed by atoms with E-state index in [0.29, 0.717) is 0 Å². The Labute approximate surface area is 122 Å². The summed E-state index contributed by atoms with van der Waals surface area (Å²) in [7, 11) is 0. The van der Waals surface area contributed by atoms with E-state index in [0.717, 1.165) is 6.42 Å². The topological polar surface area (TPSA) is 26.0 Å². The van der Waals surface area contributed by atoms with E-state index >= 15 is 0 Å². The fourth-order valence-electron chi connectivity index (χ4n) is 2.33. The van der Waals surface area contributed by atoms with Crippen molar-refractivity contribution in [1.82, 2.24) is 0 Å². The van der Waals surface area contributed by atoms with Crippen LogP contribution >= 0.6 is 0 Å². The molecule has 0 radical (unpaired) electrons. The number of rotatable bonds is 3. The number of hydrogen-bond acceptors (Lipinski definition) is 1. The molecule has 0 aliphatic heterocycles. The molecule has 0 fully saturated rings. The molecule has 2 aromatic rings. The van der Waals surface area contributed by atoms with Crippen LogP contribution in [0.15, 0.2) is 48.5 Å². The third-order valence-electron chi connectivity index (χ3n) is 3.78. The van der Waals surface area contributed by atoms with Gasteiger partial charge in [0.15, 0.2) is 0 Å². The fraction of sp³-hybridized carbons (Fsp3) is 0.368. The van der Waals surface area contributed by atoms with Crippen molar-refractivity contribution >= 4 is 0 Å². The van der Waals surface area contributed by atoms with Gasteiger partial charge in [-0.2, -0.15) is 0 Å². The Morgan fingerprint density at radius 2 is 1.45 bits per heavy atom. The zero-order chi connectivity index (χ0) is 14.8. The molecule has 1 atom stereocenters. The molecule has 2 rings (SSSR count). The summed E-state index contributed by atoms with van der Waals surface area (Å²) in [4.78, 5) is 0. The van der Waals surface area contributed by atoms with Crippen molar-refractivity contribution in [3.8, 4) is 0 Å². The zero-order valence-corrected chi connectivity index (χ0v) is 13.0. The van der Waals surface area contributed by atoms with Crippen LogP contribution in [0.1, 0.15) is 49.1 Å². The number of hydrogen-bond donors (Lipinski definition) is 1. The van der Waals surface area contributed by atoms with Crippen molar-refractivity contribution < 1.29 is 0 Å². The minimum Gasteiger partial charge on any atom is -0.324 e. The van der Waals surface area contributed by atoms with Gasteiger partial charge in [0.25, 0.3) is 0 Å². The van der Waals surface area contributed by atoms with Gasteiger partial charge in [-0.1, -0.05) is 74.9 Å². The molecule has 0 aliphatic carbocycles. The molecule has 20 heavy (non-hydrogen) atoms. The van der Waals surface area contributed by atoms with Gasteiger partial charge < -0.3 is 5.73 Å². The maximum atomic E-state index is 6.32. The molecule has 1 nitrogen and oxygen atoms in total. The standard InChI is InChI=1S/C19H25N/c1-14-5-7-15(8-6-14)13-18(20)16-9-11-17(12-10-16)19(2,3)4/h5-12,18H,13,20H2,1-4H3. The van der Waals surface area contributed by atoms with Crippen molar-refractivity contribution in [2.75, 3.05) is 0 Å². The molecule has 0 aliphatic rings. The Morgan fingerprint density at radius 3 is 1.95 bits per heavy atom. The van der Waals surface area contributed by atoms with Crippen molar-refractivity contribution in [3.63, 3.8) is 0 Å². The predicted octanol–water partition coefficient (Wildman–Crippen LogP) is 4.54. The van der Waals surface area contributed by atoms with Crippen LogP contribution in [0.3, 0.4) is 0 Å². The van der Waals surface area contributed by atoms with Gasteiger partial charge in [-0.15, -0.1) is 0 Å². The minimum atomic E-state index is 0.0618. The second-order valence-electron chi connectivity index (χ2n) is 6.67. The molecular formula is C19H25N. The maximum absolute atomic E-state index is 6.32. The highest BCUT2D eigenvalue weighted by molar-refractivity contribution is 5.30. The molecule has 1 unspecified atom stereocenters. The molecule has 106 valence electrons. The van der Waals surface area contributed by atoms with E-state index in [9.17, 15) is 0 Å². The van der Waals surface area contributed by atoms with Gasteiger partial charge in [0.05, 0.1) is 0 Å². The van der Waals surface area contributed by atoms with Gasteiger partial charge in [0, 0.05) is 6.04 Å². The lowest BCUT2D eigenvalue weighted by Gasteiger charge is -2.20. The minimum absolute atomic E-state index is 0.0618. The Hall–Kier alpha value is -1.60. The molecule has 2 aromatic carbocycles. The average molecular weight is 267 g/mol. The SMILES string of the molecule is Cc1ccc(CC(N)c2ccc(C(C)(C)C)cc2)cc1. The number of nitrogens with two attached hydrogens (primary N) is 1. The van der Waals surface area contributed by atoms with Gasteiger partial charge in [-0.25, -0.2) is 0 Å². The molecule has 2 N–H and O–H groups in total. The van der Waals surface area contributed by atoms with Crippen LogP contribution in [-0.4, -0.2) is 0 Å². The summed E-state index contributed by atoms with van der Waals surface area (Å²) in [5.74, 6) is 0. The van der Waals surface area contributed by atoms with Gasteiger partial charge in [-0.05, 0) is 35.4 Å². The van der Waals surface area contributed by atoms with Crippen molar-refractivity contribution in [1.29, 1.82) is 0 Å². The lowest BCUT2D eigenvalue weighted by molar-refractivity contribution is 0.589. The Bertz CT molecular complexity index is 544. The first-order valence-corrected chi connectivity index (χ1v) is 7.28. The highest BCUT2D eigenvalue weighted by Gasteiger charge is 2.14. The summed E-state index contributed by atoms with van der Waals surface area (Å²) in [6.45, 7) is 8.80. The molecule has 1 heteroatoms. The number of benzene rings is 2. The van der Waals surface area contributed by atoms with Crippen molar-refractivity contribution in [3.05, 3.63) is 70.8 Å². The summed E-state index contributed by atoms with van der Waals surface area (Å²) in [6.07, 6.45) is 0.884. The highest BCUT2D eigenvalue weighted by atomic mass is 14.6. The highest BCUT2D eigenvalue weighted by Crippen LogP contribution is 2.24. The first kappa shape index (κ1) is 14.8. The summed E-state index contributed by atoms with van der Waals surface area (Å²) >= 11 is 0. The quantitative estimate of drug-likeness (QED) is 0.868. The van der Waals surface area contributed by atoms with E-state index in [2.05, 4.69) is 76.2 Å². The first-order chi connectivity index (χ1) is 9.36. The van der Waals surface area contributed by atoms with Crippen LogP contribution in [0.5, 0.6) is 0 Å². The van der Waals surface area contributed by atoms with E-state index in [1.54, 1.807) is 0 Å². The van der Waals surface area contributed by atoms with Gasteiger partial charge in [0.1, 0.15) is 0 Å². The lowest BCUT2D eigenvalue weighted by atomic mass is 9.86. The Morgan fingerprint density at radius 1 is 0.900 bits per heavy atom. The second-order valence-corrected chi connectivity index (χ2v) is 6.67. The first-order valence-electron chi connectivity index (χ1n) is 7.28. The molecule has 0 saturated carbocycles. The third-order valence-corrected chi connectivity index (χ3v) is 3.78. The second kappa shape index (κ2) is 5.80. The fourth-order valence-corrected chi connectivity index (χ4v) is 2.33. The zero-order valence-electron chi connectivity index (χ0n) is 13.0. The molecule has 0 amide bonds. The molecule has 0 heterocycles. The van der Waals surface area contributed by atoms with Crippen LogP contribution in [0, 0.1) is 6.92 Å². The predicted molar refractivity (Wildman–Crippen MR) is 87.0 cm³/mol. The number of aryl methyl sites for hydroxylation is 1. The summed E-state index contributed by atoms with van der Waals surface area (Å²) in [5, 5.41) is 0. The lowest BCUT2D eigenvalue weighted by Crippen LogP contribution is -2.15. The van der Waals surface area contributed by atoms with E-state index < -0.39 is 0 Å². The van der Waals surface area contributed by atoms with Crippen LogP contribution in [0.2, 0.25) is 0 Å². The summed E-state index contributed by atoms with van der Waals surface area (Å²) in [6, 6.07) is 17.4. The van der Waals surface area contributed by atoms with Crippen LogP contribution < -0.4 is 5.73 Å².